The molecule has 1 aromatic heterocycles. The Morgan fingerprint density at radius 3 is 2.48 bits per heavy atom. The van der Waals surface area contributed by atoms with Crippen molar-refractivity contribution in [2.24, 2.45) is 0 Å². The molecular formula is C16H17Cl2N2O+. The first-order valence-corrected chi connectivity index (χ1v) is 7.52. The molecule has 2 aromatic rings. The van der Waals surface area contributed by atoms with Gasteiger partial charge in [-0.2, -0.15) is 4.57 Å². The molecule has 110 valence electrons. The van der Waals surface area contributed by atoms with Gasteiger partial charge in [-0.3, -0.25) is 4.79 Å². The average Bonchev–Trinajstić information content (AvgIpc) is 2.49. The Kier molecular flexibility index (Phi) is 5.21. The molecule has 0 unspecified atom stereocenters. The number of halogens is 2. The van der Waals surface area contributed by atoms with Crippen LogP contribution in [0.4, 0.5) is 5.69 Å². The Morgan fingerprint density at radius 1 is 1.24 bits per heavy atom. The maximum absolute atomic E-state index is 12.3. The topological polar surface area (TPSA) is 33.0 Å². The second-order valence-electron chi connectivity index (χ2n) is 4.80. The molecule has 0 aliphatic rings. The van der Waals surface area contributed by atoms with E-state index in [1.54, 1.807) is 18.2 Å². The molecule has 0 aliphatic carbocycles. The summed E-state index contributed by atoms with van der Waals surface area (Å²) < 4.78 is 1.86. The molecule has 0 saturated carbocycles. The quantitative estimate of drug-likeness (QED) is 0.846. The van der Waals surface area contributed by atoms with Gasteiger partial charge in [-0.25, -0.2) is 0 Å². The van der Waals surface area contributed by atoms with Gasteiger partial charge in [-0.15, -0.1) is 0 Å². The van der Waals surface area contributed by atoms with Crippen LogP contribution in [0.5, 0.6) is 0 Å². The van der Waals surface area contributed by atoms with Crippen LogP contribution in [0.3, 0.4) is 0 Å². The van der Waals surface area contributed by atoms with Gasteiger partial charge in [0.25, 0.3) is 5.91 Å². The highest BCUT2D eigenvalue weighted by Gasteiger charge is 2.22. The summed E-state index contributed by atoms with van der Waals surface area (Å²) >= 11 is 11.9. The number of nitrogens with one attached hydrogen (secondary N) is 1. The lowest BCUT2D eigenvalue weighted by Crippen LogP contribution is -2.44. The highest BCUT2D eigenvalue weighted by atomic mass is 35.5. The first kappa shape index (κ1) is 15.8. The number of aromatic nitrogens is 1. The summed E-state index contributed by atoms with van der Waals surface area (Å²) in [5, 5.41) is 3.78. The van der Waals surface area contributed by atoms with E-state index in [1.165, 1.54) is 5.56 Å². The molecule has 0 bridgehead atoms. The van der Waals surface area contributed by atoms with Gasteiger partial charge in [0.15, 0.2) is 12.4 Å². The van der Waals surface area contributed by atoms with Gasteiger partial charge in [0.1, 0.15) is 0 Å². The van der Waals surface area contributed by atoms with Crippen molar-refractivity contribution in [1.82, 2.24) is 0 Å². The van der Waals surface area contributed by atoms with Crippen molar-refractivity contribution in [2.45, 2.75) is 26.3 Å². The maximum Gasteiger partial charge on any atom is 0.293 e. The Labute approximate surface area is 134 Å². The van der Waals surface area contributed by atoms with Gasteiger partial charge < -0.3 is 5.32 Å². The minimum absolute atomic E-state index is 0.131. The largest absolute Gasteiger partial charge is 0.319 e. The Balaban J connectivity index is 2.11. The zero-order valence-electron chi connectivity index (χ0n) is 11.9. The lowest BCUT2D eigenvalue weighted by molar-refractivity contribution is -0.705. The minimum Gasteiger partial charge on any atom is -0.319 e. The van der Waals surface area contributed by atoms with Crippen molar-refractivity contribution >= 4 is 34.8 Å². The molecule has 5 heteroatoms. The molecule has 21 heavy (non-hydrogen) atoms. The molecule has 1 N–H and O–H groups in total. The van der Waals surface area contributed by atoms with E-state index in [1.807, 2.05) is 36.0 Å². The minimum atomic E-state index is -0.331. The zero-order chi connectivity index (χ0) is 15.4. The number of carbonyl (C=O) groups excluding carboxylic acids is 1. The number of anilines is 1. The number of carbonyl (C=O) groups is 1. The maximum atomic E-state index is 12.3. The molecular weight excluding hydrogens is 307 g/mol. The summed E-state index contributed by atoms with van der Waals surface area (Å²) in [5.41, 5.74) is 1.79. The third kappa shape index (κ3) is 3.96. The van der Waals surface area contributed by atoms with Crippen LogP contribution in [0.25, 0.3) is 0 Å². The number of amides is 1. The summed E-state index contributed by atoms with van der Waals surface area (Å²) in [5.74, 6) is -0.131. The molecule has 0 radical (unpaired) electrons. The number of hydrogen-bond acceptors (Lipinski definition) is 1. The summed E-state index contributed by atoms with van der Waals surface area (Å²) in [4.78, 5) is 12.3. The smallest absolute Gasteiger partial charge is 0.293 e. The van der Waals surface area contributed by atoms with Crippen LogP contribution in [0.1, 0.15) is 25.5 Å². The number of aryl methyl sites for hydroxylation is 1. The van der Waals surface area contributed by atoms with E-state index < -0.39 is 0 Å². The molecule has 1 heterocycles. The van der Waals surface area contributed by atoms with Crippen LogP contribution >= 0.6 is 23.2 Å². The van der Waals surface area contributed by atoms with Gasteiger partial charge >= 0.3 is 0 Å². The van der Waals surface area contributed by atoms with E-state index in [-0.39, 0.29) is 11.9 Å². The molecule has 3 nitrogen and oxygen atoms in total. The van der Waals surface area contributed by atoms with Crippen LogP contribution in [0, 0.1) is 0 Å². The normalized spacial score (nSPS) is 12.0. The molecule has 1 atom stereocenters. The third-order valence-electron chi connectivity index (χ3n) is 3.35. The summed E-state index contributed by atoms with van der Waals surface area (Å²) in [6.07, 6.45) is 4.79. The first-order valence-electron chi connectivity index (χ1n) is 6.77. The van der Waals surface area contributed by atoms with Crippen LogP contribution in [-0.2, 0) is 11.2 Å². The van der Waals surface area contributed by atoms with E-state index in [0.717, 1.165) is 6.42 Å². The van der Waals surface area contributed by atoms with Gasteiger partial charge in [0, 0.05) is 24.1 Å². The number of nitrogens with zero attached hydrogens (tertiary/aromatic N) is 1. The Bertz CT molecular complexity index is 641. The average molecular weight is 324 g/mol. The fourth-order valence-corrected chi connectivity index (χ4v) is 2.38. The van der Waals surface area contributed by atoms with Crippen molar-refractivity contribution in [1.29, 1.82) is 0 Å². The van der Waals surface area contributed by atoms with Crippen LogP contribution in [0.15, 0.2) is 42.7 Å². The van der Waals surface area contributed by atoms with Crippen molar-refractivity contribution in [3.8, 4) is 0 Å². The molecule has 0 aliphatic heterocycles. The Hall–Kier alpha value is -1.58. The van der Waals surface area contributed by atoms with Crippen LogP contribution in [-0.4, -0.2) is 5.91 Å². The highest BCUT2D eigenvalue weighted by Crippen LogP contribution is 2.25. The first-order chi connectivity index (χ1) is 10.0. The van der Waals surface area contributed by atoms with Gasteiger partial charge in [0.05, 0.1) is 10.7 Å². The molecule has 0 spiro atoms. The Morgan fingerprint density at radius 2 is 1.90 bits per heavy atom. The number of hydrogen-bond donors (Lipinski definition) is 1. The van der Waals surface area contributed by atoms with E-state index in [4.69, 9.17) is 23.2 Å². The number of benzene rings is 1. The fourth-order valence-electron chi connectivity index (χ4n) is 1.93. The standard InChI is InChI=1S/C16H16Cl2N2O/c1-3-12-6-8-20(9-7-12)11(2)16(21)19-15-5-4-13(17)10-14(15)18/h4-11H,3H2,1-2H3/p+1/t11-/m1/s1. The van der Waals surface area contributed by atoms with E-state index in [9.17, 15) is 4.79 Å². The lowest BCUT2D eigenvalue weighted by atomic mass is 10.2. The fraction of sp³-hybridized carbons (Fsp3) is 0.250. The monoisotopic (exact) mass is 323 g/mol. The predicted molar refractivity (Wildman–Crippen MR) is 85.8 cm³/mol. The predicted octanol–water partition coefficient (Wildman–Crippen LogP) is 4.04. The summed E-state index contributed by atoms with van der Waals surface area (Å²) in [6, 6.07) is 8.68. The van der Waals surface area contributed by atoms with Crippen molar-refractivity contribution < 1.29 is 9.36 Å². The van der Waals surface area contributed by atoms with E-state index in [0.29, 0.717) is 15.7 Å². The molecule has 1 amide bonds. The third-order valence-corrected chi connectivity index (χ3v) is 3.89. The van der Waals surface area contributed by atoms with E-state index >= 15 is 0 Å². The zero-order valence-corrected chi connectivity index (χ0v) is 13.4. The SMILES string of the molecule is CCc1cc[n+]([C@H](C)C(=O)Nc2ccc(Cl)cc2Cl)cc1. The van der Waals surface area contributed by atoms with Gasteiger partial charge in [-0.1, -0.05) is 30.1 Å². The van der Waals surface area contributed by atoms with Crippen LogP contribution < -0.4 is 9.88 Å². The van der Waals surface area contributed by atoms with Gasteiger partial charge in [-0.05, 0) is 30.2 Å². The second-order valence-corrected chi connectivity index (χ2v) is 5.64. The second kappa shape index (κ2) is 6.92. The highest BCUT2D eigenvalue weighted by molar-refractivity contribution is 6.36. The number of rotatable bonds is 4. The number of pyridine rings is 1. The van der Waals surface area contributed by atoms with Crippen molar-refractivity contribution in [3.63, 3.8) is 0 Å². The van der Waals surface area contributed by atoms with Gasteiger partial charge in [0.2, 0.25) is 6.04 Å². The molecule has 1 aromatic carbocycles. The molecule has 0 saturated heterocycles. The summed E-state index contributed by atoms with van der Waals surface area (Å²) in [7, 11) is 0. The lowest BCUT2D eigenvalue weighted by Gasteiger charge is -2.10. The van der Waals surface area contributed by atoms with E-state index in [2.05, 4.69) is 12.2 Å². The molecule has 0 fully saturated rings. The van der Waals surface area contributed by atoms with Crippen molar-refractivity contribution in [2.75, 3.05) is 5.32 Å². The summed E-state index contributed by atoms with van der Waals surface area (Å²) in [6.45, 7) is 3.93. The van der Waals surface area contributed by atoms with Crippen LogP contribution in [0.2, 0.25) is 10.0 Å². The van der Waals surface area contributed by atoms with Crippen molar-refractivity contribution in [3.05, 3.63) is 58.3 Å². The molecule has 2 rings (SSSR count).